The van der Waals surface area contributed by atoms with Crippen LogP contribution < -0.4 is 5.32 Å². The average molecular weight is 426 g/mol. The molecule has 0 unspecified atom stereocenters. The standard InChI is InChI=1S/C24H31N3O4/c1-4-6-15-25-24(29)21(5-2)26(17-20-13-8-7-11-18(20)3)23(28)16-19-12-9-10-14-22(19)27(30)31/h7-14,21H,4-6,15-17H2,1-3H3,(H,25,29)/t21-/m0/s1. The summed E-state index contributed by atoms with van der Waals surface area (Å²) in [6.45, 7) is 6.70. The summed E-state index contributed by atoms with van der Waals surface area (Å²) in [4.78, 5) is 38.7. The summed E-state index contributed by atoms with van der Waals surface area (Å²) in [5, 5.41) is 14.3. The highest BCUT2D eigenvalue weighted by molar-refractivity contribution is 5.88. The molecule has 2 rings (SSSR count). The van der Waals surface area contributed by atoms with Crippen molar-refractivity contribution in [1.29, 1.82) is 0 Å². The van der Waals surface area contributed by atoms with Gasteiger partial charge in [0.25, 0.3) is 5.69 Å². The van der Waals surface area contributed by atoms with E-state index in [2.05, 4.69) is 5.32 Å². The number of nitro benzene ring substituents is 1. The Kier molecular flexibility index (Phi) is 9.18. The molecule has 0 heterocycles. The number of para-hydroxylation sites is 1. The highest BCUT2D eigenvalue weighted by Crippen LogP contribution is 2.21. The lowest BCUT2D eigenvalue weighted by atomic mass is 10.0. The zero-order chi connectivity index (χ0) is 22.8. The first kappa shape index (κ1) is 24.1. The highest BCUT2D eigenvalue weighted by Gasteiger charge is 2.30. The molecule has 0 fully saturated rings. The van der Waals surface area contributed by atoms with E-state index in [0.717, 1.165) is 24.0 Å². The zero-order valence-electron chi connectivity index (χ0n) is 18.5. The van der Waals surface area contributed by atoms with Crippen LogP contribution in [0.4, 0.5) is 5.69 Å². The van der Waals surface area contributed by atoms with Gasteiger partial charge in [0, 0.05) is 24.7 Å². The molecule has 2 aromatic rings. The smallest absolute Gasteiger partial charge is 0.273 e. The van der Waals surface area contributed by atoms with Crippen LogP contribution in [0.15, 0.2) is 48.5 Å². The maximum Gasteiger partial charge on any atom is 0.273 e. The molecule has 0 aliphatic rings. The van der Waals surface area contributed by atoms with Gasteiger partial charge in [-0.25, -0.2) is 0 Å². The minimum Gasteiger partial charge on any atom is -0.354 e. The summed E-state index contributed by atoms with van der Waals surface area (Å²) in [7, 11) is 0. The highest BCUT2D eigenvalue weighted by atomic mass is 16.6. The van der Waals surface area contributed by atoms with E-state index in [4.69, 9.17) is 0 Å². The lowest BCUT2D eigenvalue weighted by Crippen LogP contribution is -2.49. The fourth-order valence-corrected chi connectivity index (χ4v) is 3.50. The number of amides is 2. The monoisotopic (exact) mass is 425 g/mol. The minimum atomic E-state index is -0.647. The molecule has 0 aliphatic heterocycles. The van der Waals surface area contributed by atoms with Crippen molar-refractivity contribution in [3.8, 4) is 0 Å². The van der Waals surface area contributed by atoms with E-state index in [1.165, 1.54) is 6.07 Å². The number of nitrogens with zero attached hydrogens (tertiary/aromatic N) is 2. The van der Waals surface area contributed by atoms with Crippen molar-refractivity contribution in [1.82, 2.24) is 10.2 Å². The summed E-state index contributed by atoms with van der Waals surface area (Å²) in [5.41, 5.74) is 2.21. The average Bonchev–Trinajstić information content (AvgIpc) is 2.75. The molecule has 1 N–H and O–H groups in total. The summed E-state index contributed by atoms with van der Waals surface area (Å²) in [5.74, 6) is -0.504. The van der Waals surface area contributed by atoms with E-state index >= 15 is 0 Å². The third-order valence-electron chi connectivity index (χ3n) is 5.35. The number of nitro groups is 1. The quantitative estimate of drug-likeness (QED) is 0.332. The van der Waals surface area contributed by atoms with Crippen molar-refractivity contribution in [3.63, 3.8) is 0 Å². The molecule has 0 radical (unpaired) electrons. The first-order valence-electron chi connectivity index (χ1n) is 10.7. The molecule has 1 atom stereocenters. The fraction of sp³-hybridized carbons (Fsp3) is 0.417. The number of rotatable bonds is 11. The maximum absolute atomic E-state index is 13.4. The van der Waals surface area contributed by atoms with Crippen molar-refractivity contribution in [2.75, 3.05) is 6.54 Å². The van der Waals surface area contributed by atoms with E-state index in [0.29, 0.717) is 18.5 Å². The number of carbonyl (C=O) groups is 2. The van der Waals surface area contributed by atoms with Crippen LogP contribution in [0.2, 0.25) is 0 Å². The summed E-state index contributed by atoms with van der Waals surface area (Å²) in [6, 6.07) is 13.3. The Bertz CT molecular complexity index is 913. The van der Waals surface area contributed by atoms with Gasteiger partial charge in [-0.1, -0.05) is 62.7 Å². The predicted molar refractivity (Wildman–Crippen MR) is 121 cm³/mol. The number of unbranched alkanes of at least 4 members (excludes halogenated alkanes) is 1. The van der Waals surface area contributed by atoms with Gasteiger partial charge in [0.1, 0.15) is 6.04 Å². The molecule has 0 saturated carbocycles. The number of benzene rings is 2. The van der Waals surface area contributed by atoms with Gasteiger partial charge in [-0.2, -0.15) is 0 Å². The maximum atomic E-state index is 13.4. The van der Waals surface area contributed by atoms with Crippen molar-refractivity contribution in [3.05, 3.63) is 75.3 Å². The van der Waals surface area contributed by atoms with Crippen LogP contribution in [0.3, 0.4) is 0 Å². The van der Waals surface area contributed by atoms with Crippen molar-refractivity contribution in [2.45, 2.75) is 59.0 Å². The number of nitrogens with one attached hydrogen (secondary N) is 1. The molecule has 2 aromatic carbocycles. The Morgan fingerprint density at radius 1 is 1.06 bits per heavy atom. The molecule has 7 nitrogen and oxygen atoms in total. The van der Waals surface area contributed by atoms with Crippen LogP contribution in [-0.4, -0.2) is 34.2 Å². The second-order valence-electron chi connectivity index (χ2n) is 7.58. The topological polar surface area (TPSA) is 92.6 Å². The van der Waals surface area contributed by atoms with Crippen molar-refractivity contribution < 1.29 is 14.5 Å². The van der Waals surface area contributed by atoms with E-state index in [-0.39, 0.29) is 30.5 Å². The number of hydrogen-bond donors (Lipinski definition) is 1. The van der Waals surface area contributed by atoms with Crippen LogP contribution in [0.1, 0.15) is 49.8 Å². The van der Waals surface area contributed by atoms with Gasteiger partial charge in [0.15, 0.2) is 0 Å². The lowest BCUT2D eigenvalue weighted by molar-refractivity contribution is -0.385. The zero-order valence-corrected chi connectivity index (χ0v) is 18.5. The first-order chi connectivity index (χ1) is 14.9. The third kappa shape index (κ3) is 6.64. The Labute approximate surface area is 183 Å². The SMILES string of the molecule is CCCCNC(=O)[C@H](CC)N(Cc1ccccc1C)C(=O)Cc1ccccc1[N+](=O)[O-]. The normalized spacial score (nSPS) is 11.6. The molecule has 2 amide bonds. The van der Waals surface area contributed by atoms with Gasteiger partial charge in [-0.05, 0) is 30.9 Å². The lowest BCUT2D eigenvalue weighted by Gasteiger charge is -2.31. The molecule has 0 aromatic heterocycles. The van der Waals surface area contributed by atoms with Gasteiger partial charge < -0.3 is 10.2 Å². The van der Waals surface area contributed by atoms with E-state index in [9.17, 15) is 19.7 Å². The Morgan fingerprint density at radius 2 is 1.71 bits per heavy atom. The fourth-order valence-electron chi connectivity index (χ4n) is 3.50. The van der Waals surface area contributed by atoms with Gasteiger partial charge >= 0.3 is 0 Å². The van der Waals surface area contributed by atoms with Gasteiger partial charge in [0.05, 0.1) is 11.3 Å². The van der Waals surface area contributed by atoms with Crippen LogP contribution in [0.25, 0.3) is 0 Å². The summed E-state index contributed by atoms with van der Waals surface area (Å²) in [6.07, 6.45) is 2.14. The second kappa shape index (κ2) is 11.8. The van der Waals surface area contributed by atoms with Crippen LogP contribution in [0, 0.1) is 17.0 Å². The molecule has 166 valence electrons. The second-order valence-corrected chi connectivity index (χ2v) is 7.58. The molecular formula is C24H31N3O4. The number of aryl methyl sites for hydroxylation is 1. The molecule has 0 bridgehead atoms. The van der Waals surface area contributed by atoms with Crippen LogP contribution >= 0.6 is 0 Å². The van der Waals surface area contributed by atoms with E-state index in [1.807, 2.05) is 45.0 Å². The van der Waals surface area contributed by atoms with E-state index < -0.39 is 11.0 Å². The Balaban J connectivity index is 2.34. The predicted octanol–water partition coefficient (Wildman–Crippen LogP) is 4.17. The number of hydrogen-bond acceptors (Lipinski definition) is 4. The summed E-state index contributed by atoms with van der Waals surface area (Å²) < 4.78 is 0. The minimum absolute atomic E-state index is 0.0906. The first-order valence-corrected chi connectivity index (χ1v) is 10.7. The molecule has 31 heavy (non-hydrogen) atoms. The van der Waals surface area contributed by atoms with Crippen LogP contribution in [0.5, 0.6) is 0 Å². The molecular weight excluding hydrogens is 394 g/mol. The summed E-state index contributed by atoms with van der Waals surface area (Å²) >= 11 is 0. The Hall–Kier alpha value is -3.22. The molecule has 0 spiro atoms. The van der Waals surface area contributed by atoms with Gasteiger partial charge in [0.2, 0.25) is 11.8 Å². The van der Waals surface area contributed by atoms with Crippen molar-refractivity contribution >= 4 is 17.5 Å². The molecule has 0 saturated heterocycles. The third-order valence-corrected chi connectivity index (χ3v) is 5.35. The van der Waals surface area contributed by atoms with Crippen LogP contribution in [-0.2, 0) is 22.6 Å². The van der Waals surface area contributed by atoms with E-state index in [1.54, 1.807) is 23.1 Å². The number of carbonyl (C=O) groups excluding carboxylic acids is 2. The Morgan fingerprint density at radius 3 is 2.32 bits per heavy atom. The van der Waals surface area contributed by atoms with Gasteiger partial charge in [-0.3, -0.25) is 19.7 Å². The molecule has 7 heteroatoms. The largest absolute Gasteiger partial charge is 0.354 e. The van der Waals surface area contributed by atoms with Crippen molar-refractivity contribution in [2.24, 2.45) is 0 Å². The van der Waals surface area contributed by atoms with Gasteiger partial charge in [-0.15, -0.1) is 0 Å². The molecule has 0 aliphatic carbocycles.